The fourth-order valence-corrected chi connectivity index (χ4v) is 1.88. The summed E-state index contributed by atoms with van der Waals surface area (Å²) in [5.41, 5.74) is 0.712. The van der Waals surface area contributed by atoms with Crippen LogP contribution >= 0.6 is 0 Å². The van der Waals surface area contributed by atoms with Crippen molar-refractivity contribution in [3.63, 3.8) is 0 Å². The van der Waals surface area contributed by atoms with Crippen LogP contribution in [-0.2, 0) is 4.74 Å². The Hall–Kier alpha value is -1.44. The lowest BCUT2D eigenvalue weighted by atomic mass is 10.1. The Labute approximate surface area is 94.0 Å². The Bertz CT molecular complexity index is 396. The molecule has 1 aliphatic heterocycles. The fourth-order valence-electron chi connectivity index (χ4n) is 1.88. The van der Waals surface area contributed by atoms with Gasteiger partial charge < -0.3 is 4.74 Å². The summed E-state index contributed by atoms with van der Waals surface area (Å²) in [5.74, 6) is -0.300. The third-order valence-electron chi connectivity index (χ3n) is 2.70. The fraction of sp³-hybridized carbons (Fsp3) is 0.417. The first-order valence-corrected chi connectivity index (χ1v) is 5.28. The summed E-state index contributed by atoms with van der Waals surface area (Å²) < 4.78 is 18.3. The molecule has 2 rings (SSSR count). The molecule has 4 heteroatoms. The van der Waals surface area contributed by atoms with E-state index in [0.717, 1.165) is 13.1 Å². The summed E-state index contributed by atoms with van der Waals surface area (Å²) in [5, 5.41) is 9.17. The van der Waals surface area contributed by atoms with Crippen molar-refractivity contribution < 1.29 is 9.13 Å². The zero-order valence-corrected chi connectivity index (χ0v) is 8.90. The van der Waals surface area contributed by atoms with Crippen LogP contribution < -0.4 is 0 Å². The van der Waals surface area contributed by atoms with Crippen LogP contribution in [-0.4, -0.2) is 31.2 Å². The van der Waals surface area contributed by atoms with Crippen molar-refractivity contribution >= 4 is 0 Å². The molecule has 0 N–H and O–H groups in total. The molecule has 16 heavy (non-hydrogen) atoms. The molecule has 84 valence electrons. The van der Waals surface area contributed by atoms with Crippen molar-refractivity contribution in [1.29, 1.82) is 5.26 Å². The summed E-state index contributed by atoms with van der Waals surface area (Å²) in [6, 6.07) is 8.07. The number of benzene rings is 1. The zero-order chi connectivity index (χ0) is 11.4. The van der Waals surface area contributed by atoms with Gasteiger partial charge in [-0.2, -0.15) is 5.26 Å². The van der Waals surface area contributed by atoms with E-state index in [0.29, 0.717) is 18.8 Å². The number of rotatable bonds is 2. The number of ether oxygens (including phenoxy) is 1. The number of hydrogen-bond acceptors (Lipinski definition) is 3. The molecule has 1 aromatic rings. The van der Waals surface area contributed by atoms with Crippen LogP contribution in [0.4, 0.5) is 4.39 Å². The van der Waals surface area contributed by atoms with Gasteiger partial charge in [-0.25, -0.2) is 4.39 Å². The van der Waals surface area contributed by atoms with E-state index in [2.05, 4.69) is 6.07 Å². The van der Waals surface area contributed by atoms with Gasteiger partial charge in [-0.15, -0.1) is 0 Å². The molecule has 0 aromatic heterocycles. The van der Waals surface area contributed by atoms with Crippen LogP contribution in [0.5, 0.6) is 0 Å². The second-order valence-corrected chi connectivity index (χ2v) is 3.73. The van der Waals surface area contributed by atoms with Gasteiger partial charge in [-0.05, 0) is 17.7 Å². The van der Waals surface area contributed by atoms with Crippen molar-refractivity contribution in [3.05, 3.63) is 35.6 Å². The molecule has 0 spiro atoms. The highest BCUT2D eigenvalue weighted by atomic mass is 19.1. The molecule has 1 heterocycles. The summed E-state index contributed by atoms with van der Waals surface area (Å²) in [6.45, 7) is 2.70. The molecule has 1 fully saturated rings. The predicted molar refractivity (Wildman–Crippen MR) is 57.1 cm³/mol. The number of halogens is 1. The van der Waals surface area contributed by atoms with Gasteiger partial charge in [0.05, 0.1) is 19.3 Å². The minimum absolute atomic E-state index is 0.300. The summed E-state index contributed by atoms with van der Waals surface area (Å²) >= 11 is 0. The Morgan fingerprint density at radius 1 is 1.38 bits per heavy atom. The van der Waals surface area contributed by atoms with Gasteiger partial charge in [-0.1, -0.05) is 12.1 Å². The molecule has 0 bridgehead atoms. The van der Waals surface area contributed by atoms with Crippen LogP contribution in [0.1, 0.15) is 11.6 Å². The third-order valence-corrected chi connectivity index (χ3v) is 2.70. The quantitative estimate of drug-likeness (QED) is 0.761. The maximum atomic E-state index is 13.1. The SMILES string of the molecule is N#C[C@@H](c1cccc(F)c1)N1CCOCC1. The van der Waals surface area contributed by atoms with Gasteiger partial charge in [0.1, 0.15) is 11.9 Å². The van der Waals surface area contributed by atoms with Gasteiger partial charge in [-0.3, -0.25) is 4.90 Å². The van der Waals surface area contributed by atoms with E-state index in [-0.39, 0.29) is 11.9 Å². The molecule has 0 amide bonds. The standard InChI is InChI=1S/C12H13FN2O/c13-11-3-1-2-10(8-11)12(9-14)15-4-6-16-7-5-15/h1-3,8,12H,4-7H2/t12-/m0/s1. The maximum Gasteiger partial charge on any atom is 0.124 e. The summed E-state index contributed by atoms with van der Waals surface area (Å²) in [4.78, 5) is 2.01. The second kappa shape index (κ2) is 5.06. The van der Waals surface area contributed by atoms with Crippen LogP contribution in [0.2, 0.25) is 0 Å². The molecule has 3 nitrogen and oxygen atoms in total. The zero-order valence-electron chi connectivity index (χ0n) is 8.90. The lowest BCUT2D eigenvalue weighted by Gasteiger charge is -2.30. The molecule has 1 atom stereocenters. The number of hydrogen-bond donors (Lipinski definition) is 0. The molecule has 1 saturated heterocycles. The van der Waals surface area contributed by atoms with Gasteiger partial charge in [0, 0.05) is 13.1 Å². The molecule has 0 saturated carbocycles. The highest BCUT2D eigenvalue weighted by Gasteiger charge is 2.22. The highest BCUT2D eigenvalue weighted by molar-refractivity contribution is 5.25. The topological polar surface area (TPSA) is 36.3 Å². The highest BCUT2D eigenvalue weighted by Crippen LogP contribution is 2.21. The lowest BCUT2D eigenvalue weighted by Crippen LogP contribution is -2.38. The van der Waals surface area contributed by atoms with E-state index >= 15 is 0 Å². The predicted octanol–water partition coefficient (Wildman–Crippen LogP) is 1.72. The Morgan fingerprint density at radius 2 is 2.12 bits per heavy atom. The van der Waals surface area contributed by atoms with Crippen molar-refractivity contribution in [2.24, 2.45) is 0 Å². The molecular weight excluding hydrogens is 207 g/mol. The summed E-state index contributed by atoms with van der Waals surface area (Å²) in [6.07, 6.45) is 0. The van der Waals surface area contributed by atoms with E-state index in [1.807, 2.05) is 4.90 Å². The van der Waals surface area contributed by atoms with Gasteiger partial charge in [0.25, 0.3) is 0 Å². The molecule has 1 aliphatic rings. The molecule has 0 radical (unpaired) electrons. The largest absolute Gasteiger partial charge is 0.379 e. The smallest absolute Gasteiger partial charge is 0.124 e. The number of nitriles is 1. The Morgan fingerprint density at radius 3 is 2.75 bits per heavy atom. The molecule has 0 unspecified atom stereocenters. The minimum atomic E-state index is -0.375. The number of nitrogens with zero attached hydrogens (tertiary/aromatic N) is 2. The van der Waals surface area contributed by atoms with E-state index in [9.17, 15) is 4.39 Å². The first-order valence-electron chi connectivity index (χ1n) is 5.28. The Kier molecular flexibility index (Phi) is 3.50. The van der Waals surface area contributed by atoms with E-state index in [1.54, 1.807) is 12.1 Å². The van der Waals surface area contributed by atoms with Gasteiger partial charge in [0.2, 0.25) is 0 Å². The molecular formula is C12H13FN2O. The van der Waals surface area contributed by atoms with Crippen LogP contribution in [0, 0.1) is 17.1 Å². The first-order chi connectivity index (χ1) is 7.81. The molecule has 1 aromatic carbocycles. The minimum Gasteiger partial charge on any atom is -0.379 e. The van der Waals surface area contributed by atoms with Crippen LogP contribution in [0.3, 0.4) is 0 Å². The molecule has 0 aliphatic carbocycles. The summed E-state index contributed by atoms with van der Waals surface area (Å²) in [7, 11) is 0. The van der Waals surface area contributed by atoms with E-state index in [4.69, 9.17) is 10.00 Å². The normalized spacial score (nSPS) is 19.0. The van der Waals surface area contributed by atoms with Crippen molar-refractivity contribution in [1.82, 2.24) is 4.90 Å². The van der Waals surface area contributed by atoms with Crippen molar-refractivity contribution in [2.45, 2.75) is 6.04 Å². The monoisotopic (exact) mass is 220 g/mol. The lowest BCUT2D eigenvalue weighted by molar-refractivity contribution is 0.0266. The number of morpholine rings is 1. The van der Waals surface area contributed by atoms with Crippen LogP contribution in [0.25, 0.3) is 0 Å². The third kappa shape index (κ3) is 2.38. The maximum absolute atomic E-state index is 13.1. The van der Waals surface area contributed by atoms with E-state index < -0.39 is 0 Å². The average Bonchev–Trinajstić information content (AvgIpc) is 2.31. The Balaban J connectivity index is 2.18. The average molecular weight is 220 g/mol. The van der Waals surface area contributed by atoms with Crippen molar-refractivity contribution in [3.8, 4) is 6.07 Å². The first kappa shape index (κ1) is 11.1. The van der Waals surface area contributed by atoms with Crippen molar-refractivity contribution in [2.75, 3.05) is 26.3 Å². The van der Waals surface area contributed by atoms with E-state index in [1.165, 1.54) is 12.1 Å². The van der Waals surface area contributed by atoms with Gasteiger partial charge in [0.15, 0.2) is 0 Å². The van der Waals surface area contributed by atoms with Gasteiger partial charge >= 0.3 is 0 Å². The second-order valence-electron chi connectivity index (χ2n) is 3.73. The van der Waals surface area contributed by atoms with Crippen LogP contribution in [0.15, 0.2) is 24.3 Å².